The lowest BCUT2D eigenvalue weighted by Crippen LogP contribution is -2.40. The van der Waals surface area contributed by atoms with E-state index in [2.05, 4.69) is 20.3 Å². The molecular weight excluding hydrogens is 416 g/mol. The highest BCUT2D eigenvalue weighted by Crippen LogP contribution is 2.31. The Kier molecular flexibility index (Phi) is 5.76. The molecule has 2 aromatic rings. The Bertz CT molecular complexity index is 1060. The Balaban J connectivity index is 1.49. The first-order chi connectivity index (χ1) is 13.9. The van der Waals surface area contributed by atoms with Gasteiger partial charge in [0.1, 0.15) is 5.52 Å². The van der Waals surface area contributed by atoms with Crippen molar-refractivity contribution in [3.05, 3.63) is 21.8 Å². The van der Waals surface area contributed by atoms with Crippen molar-refractivity contribution in [2.45, 2.75) is 39.2 Å². The van der Waals surface area contributed by atoms with Gasteiger partial charge in [0.05, 0.1) is 11.9 Å². The van der Waals surface area contributed by atoms with E-state index in [9.17, 15) is 13.2 Å². The van der Waals surface area contributed by atoms with Crippen LogP contribution in [0.1, 0.15) is 32.6 Å². The first-order valence-corrected chi connectivity index (χ1v) is 12.0. The van der Waals surface area contributed by atoms with Crippen LogP contribution in [0.4, 0.5) is 5.82 Å². The molecule has 3 heterocycles. The normalized spacial score (nSPS) is 19.0. The molecule has 0 aromatic carbocycles. The van der Waals surface area contributed by atoms with Gasteiger partial charge >= 0.3 is 0 Å². The molecular formula is C18H25ClN6O3S. The van der Waals surface area contributed by atoms with Gasteiger partial charge in [-0.3, -0.25) is 9.36 Å². The quantitative estimate of drug-likeness (QED) is 0.652. The fourth-order valence-electron chi connectivity index (χ4n) is 3.67. The number of aromatic nitrogens is 4. The summed E-state index contributed by atoms with van der Waals surface area (Å²) in [5.41, 5.74) is 0.789. The number of hydrogen-bond donors (Lipinski definition) is 1. The van der Waals surface area contributed by atoms with E-state index in [4.69, 9.17) is 11.6 Å². The summed E-state index contributed by atoms with van der Waals surface area (Å²) >= 11 is 5.92. The zero-order valence-corrected chi connectivity index (χ0v) is 17.9. The molecule has 1 N–H and O–H groups in total. The van der Waals surface area contributed by atoms with Crippen LogP contribution in [0.15, 0.2) is 11.0 Å². The van der Waals surface area contributed by atoms with Gasteiger partial charge in [-0.2, -0.15) is 4.98 Å². The topological polar surface area (TPSA) is 110 Å². The Labute approximate surface area is 174 Å². The molecule has 2 fully saturated rings. The summed E-state index contributed by atoms with van der Waals surface area (Å²) in [4.78, 5) is 25.6. The molecule has 1 saturated heterocycles. The van der Waals surface area contributed by atoms with E-state index in [0.29, 0.717) is 43.3 Å². The van der Waals surface area contributed by atoms with Crippen molar-refractivity contribution < 1.29 is 8.42 Å². The molecule has 158 valence electrons. The molecule has 2 aliphatic rings. The number of anilines is 1. The average molecular weight is 441 g/mol. The molecule has 0 unspecified atom stereocenters. The monoisotopic (exact) mass is 440 g/mol. The minimum absolute atomic E-state index is 0.0951. The summed E-state index contributed by atoms with van der Waals surface area (Å²) in [7, 11) is -3.14. The summed E-state index contributed by atoms with van der Waals surface area (Å²) in [6, 6.07) is 0. The van der Waals surface area contributed by atoms with E-state index in [1.54, 1.807) is 15.8 Å². The highest BCUT2D eigenvalue weighted by Gasteiger charge is 2.27. The molecule has 0 atom stereocenters. The van der Waals surface area contributed by atoms with Crippen molar-refractivity contribution in [1.29, 1.82) is 0 Å². The number of nitrogens with zero attached hydrogens (tertiary/aromatic N) is 5. The van der Waals surface area contributed by atoms with Gasteiger partial charge in [0.15, 0.2) is 11.5 Å². The van der Waals surface area contributed by atoms with Gasteiger partial charge < -0.3 is 5.32 Å². The molecule has 0 bridgehead atoms. The highest BCUT2D eigenvalue weighted by molar-refractivity contribution is 7.89. The Morgan fingerprint density at radius 2 is 1.90 bits per heavy atom. The van der Waals surface area contributed by atoms with Crippen LogP contribution in [-0.4, -0.2) is 57.6 Å². The highest BCUT2D eigenvalue weighted by atomic mass is 35.5. The molecule has 0 amide bonds. The van der Waals surface area contributed by atoms with Crippen LogP contribution in [0.3, 0.4) is 0 Å². The fraction of sp³-hybridized carbons (Fsp3) is 0.667. The maximum atomic E-state index is 13.0. The van der Waals surface area contributed by atoms with Gasteiger partial charge in [-0.05, 0) is 56.0 Å². The van der Waals surface area contributed by atoms with Gasteiger partial charge in [0, 0.05) is 26.2 Å². The molecule has 1 aliphatic heterocycles. The lowest BCUT2D eigenvalue weighted by molar-refractivity contribution is 0.282. The Hall–Kier alpha value is -1.78. The predicted molar refractivity (Wildman–Crippen MR) is 112 cm³/mol. The fourth-order valence-corrected chi connectivity index (χ4v) is 4.93. The third-order valence-corrected chi connectivity index (χ3v) is 7.75. The maximum absolute atomic E-state index is 13.0. The van der Waals surface area contributed by atoms with Crippen molar-refractivity contribution in [2.24, 2.45) is 11.8 Å². The molecule has 2 aromatic heterocycles. The third-order valence-electron chi connectivity index (χ3n) is 5.68. The van der Waals surface area contributed by atoms with Crippen LogP contribution in [-0.2, 0) is 16.6 Å². The smallest absolute Gasteiger partial charge is 0.294 e. The van der Waals surface area contributed by atoms with Crippen molar-refractivity contribution in [1.82, 2.24) is 23.8 Å². The summed E-state index contributed by atoms with van der Waals surface area (Å²) in [6.45, 7) is 3.88. The number of halogens is 1. The zero-order valence-electron chi connectivity index (χ0n) is 16.3. The van der Waals surface area contributed by atoms with Gasteiger partial charge in [-0.25, -0.2) is 22.7 Å². The van der Waals surface area contributed by atoms with Crippen molar-refractivity contribution in [3.63, 3.8) is 0 Å². The number of fused-ring (bicyclic) bond motifs is 1. The summed E-state index contributed by atoms with van der Waals surface area (Å²) in [5.74, 6) is 1.19. The van der Waals surface area contributed by atoms with Crippen LogP contribution in [0.5, 0.6) is 0 Å². The second-order valence-corrected chi connectivity index (χ2v) is 10.4. The van der Waals surface area contributed by atoms with Crippen molar-refractivity contribution >= 4 is 38.6 Å². The van der Waals surface area contributed by atoms with E-state index < -0.39 is 10.0 Å². The standard InChI is InChI=1S/C18H25ClN6O3S/c1-2-29(27,28)24-7-5-12(6-8-24)9-20-15-17(26)25(11-13-3-4-13)16-14(22-15)10-21-18(19)23-16/h10,12-13H,2-9,11H2,1H3,(H,20,22). The molecule has 1 saturated carbocycles. The second-order valence-electron chi connectivity index (χ2n) is 7.79. The minimum atomic E-state index is -3.14. The van der Waals surface area contributed by atoms with Crippen molar-refractivity contribution in [3.8, 4) is 0 Å². The van der Waals surface area contributed by atoms with Crippen molar-refractivity contribution in [2.75, 3.05) is 30.7 Å². The minimum Gasteiger partial charge on any atom is -0.365 e. The molecule has 1 aliphatic carbocycles. The SMILES string of the molecule is CCS(=O)(=O)N1CCC(CNc2nc3cnc(Cl)nc3n(CC3CC3)c2=O)CC1. The van der Waals surface area contributed by atoms with Crippen LogP contribution < -0.4 is 10.9 Å². The molecule has 11 heteroatoms. The first kappa shape index (κ1) is 20.5. The van der Waals surface area contributed by atoms with Gasteiger partial charge in [0.2, 0.25) is 15.3 Å². The van der Waals surface area contributed by atoms with E-state index in [0.717, 1.165) is 25.7 Å². The maximum Gasteiger partial charge on any atom is 0.294 e. The number of sulfonamides is 1. The Morgan fingerprint density at radius 3 is 2.55 bits per heavy atom. The van der Waals surface area contributed by atoms with E-state index in [1.165, 1.54) is 6.20 Å². The van der Waals surface area contributed by atoms with Gasteiger partial charge in [-0.15, -0.1) is 0 Å². The molecule has 0 radical (unpaired) electrons. The third kappa shape index (κ3) is 4.54. The molecule has 9 nitrogen and oxygen atoms in total. The number of hydrogen-bond acceptors (Lipinski definition) is 7. The van der Waals surface area contributed by atoms with Gasteiger partial charge in [-0.1, -0.05) is 0 Å². The molecule has 0 spiro atoms. The number of nitrogens with one attached hydrogen (secondary N) is 1. The summed E-state index contributed by atoms with van der Waals surface area (Å²) in [5, 5.41) is 3.29. The van der Waals surface area contributed by atoms with Crippen LogP contribution >= 0.6 is 11.6 Å². The largest absolute Gasteiger partial charge is 0.365 e. The van der Waals surface area contributed by atoms with E-state index >= 15 is 0 Å². The lowest BCUT2D eigenvalue weighted by Gasteiger charge is -2.31. The summed E-state index contributed by atoms with van der Waals surface area (Å²) < 4.78 is 27.2. The Morgan fingerprint density at radius 1 is 1.17 bits per heavy atom. The number of piperidine rings is 1. The molecule has 29 heavy (non-hydrogen) atoms. The zero-order chi connectivity index (χ0) is 20.6. The number of rotatable bonds is 7. The van der Waals surface area contributed by atoms with Crippen LogP contribution in [0.25, 0.3) is 11.2 Å². The lowest BCUT2D eigenvalue weighted by atomic mass is 9.98. The summed E-state index contributed by atoms with van der Waals surface area (Å²) in [6.07, 6.45) is 5.27. The molecule has 4 rings (SSSR count). The van der Waals surface area contributed by atoms with E-state index in [1.807, 2.05) is 0 Å². The first-order valence-electron chi connectivity index (χ1n) is 10.0. The van der Waals surface area contributed by atoms with Crippen LogP contribution in [0, 0.1) is 11.8 Å². The predicted octanol–water partition coefficient (Wildman–Crippen LogP) is 1.72. The van der Waals surface area contributed by atoms with Crippen LogP contribution in [0.2, 0.25) is 5.28 Å². The van der Waals surface area contributed by atoms with Gasteiger partial charge in [0.25, 0.3) is 5.56 Å². The second kappa shape index (κ2) is 8.16. The van der Waals surface area contributed by atoms with E-state index in [-0.39, 0.29) is 28.3 Å². The average Bonchev–Trinajstić information content (AvgIpc) is 3.54.